The molecular weight excluding hydrogens is 266 g/mol. The quantitative estimate of drug-likeness (QED) is 0.468. The van der Waals surface area contributed by atoms with Gasteiger partial charge in [0, 0.05) is 26.6 Å². The van der Waals surface area contributed by atoms with Crippen LogP contribution in [0.25, 0.3) is 0 Å². The lowest BCUT2D eigenvalue weighted by Gasteiger charge is -2.20. The number of rotatable bonds is 8. The van der Waals surface area contributed by atoms with Gasteiger partial charge in [-0.1, -0.05) is 13.8 Å². The maximum absolute atomic E-state index is 11.7. The number of carbonyl (C=O) groups excluding carboxylic acids is 2. The second-order valence-corrected chi connectivity index (χ2v) is 4.91. The van der Waals surface area contributed by atoms with Crippen molar-refractivity contribution in [2.45, 2.75) is 26.3 Å². The Bertz CT molecular complexity index is 346. The Morgan fingerprint density at radius 1 is 1.25 bits per heavy atom. The molecule has 1 atom stereocenters. The van der Waals surface area contributed by atoms with Crippen molar-refractivity contribution in [2.75, 3.05) is 26.7 Å². The number of aliphatic carboxylic acids is 1. The van der Waals surface area contributed by atoms with E-state index in [1.54, 1.807) is 0 Å². The summed E-state index contributed by atoms with van der Waals surface area (Å²) in [5.74, 6) is -1.24. The zero-order chi connectivity index (χ0) is 15.7. The van der Waals surface area contributed by atoms with E-state index in [0.717, 1.165) is 4.90 Å². The molecule has 0 aliphatic heterocycles. The van der Waals surface area contributed by atoms with Gasteiger partial charge in [0.1, 0.15) is 12.6 Å². The molecule has 4 N–H and O–H groups in total. The highest BCUT2D eigenvalue weighted by atomic mass is 16.4. The molecule has 0 aliphatic rings. The van der Waals surface area contributed by atoms with Crippen molar-refractivity contribution >= 4 is 17.9 Å². The SMILES string of the molecule is CC(C)CNC(=O)CN(C)C(=O)NC(CCO)C(=O)O. The summed E-state index contributed by atoms with van der Waals surface area (Å²) < 4.78 is 0. The van der Waals surface area contributed by atoms with Crippen molar-refractivity contribution < 1.29 is 24.6 Å². The first kappa shape index (κ1) is 18.2. The van der Waals surface area contributed by atoms with E-state index in [1.807, 2.05) is 13.8 Å². The third-order valence-electron chi connectivity index (χ3n) is 2.45. The fourth-order valence-electron chi connectivity index (χ4n) is 1.31. The molecule has 0 saturated heterocycles. The number of hydrogen-bond donors (Lipinski definition) is 4. The minimum atomic E-state index is -1.23. The van der Waals surface area contributed by atoms with Gasteiger partial charge in [-0.2, -0.15) is 0 Å². The molecule has 0 rings (SSSR count). The van der Waals surface area contributed by atoms with E-state index in [-0.39, 0.29) is 25.5 Å². The lowest BCUT2D eigenvalue weighted by atomic mass is 10.2. The van der Waals surface area contributed by atoms with Crippen LogP contribution in [0.15, 0.2) is 0 Å². The Morgan fingerprint density at radius 2 is 1.85 bits per heavy atom. The smallest absolute Gasteiger partial charge is 0.326 e. The summed E-state index contributed by atoms with van der Waals surface area (Å²) in [4.78, 5) is 35.1. The number of carboxylic acids is 1. The van der Waals surface area contributed by atoms with E-state index in [1.165, 1.54) is 7.05 Å². The van der Waals surface area contributed by atoms with E-state index >= 15 is 0 Å². The highest BCUT2D eigenvalue weighted by Gasteiger charge is 2.22. The fourth-order valence-corrected chi connectivity index (χ4v) is 1.31. The van der Waals surface area contributed by atoms with Crippen molar-refractivity contribution in [1.82, 2.24) is 15.5 Å². The Kier molecular flexibility index (Phi) is 8.30. The number of aliphatic hydroxyl groups excluding tert-OH is 1. The molecule has 0 aromatic rings. The summed E-state index contributed by atoms with van der Waals surface area (Å²) >= 11 is 0. The number of nitrogens with zero attached hydrogens (tertiary/aromatic N) is 1. The molecule has 0 radical (unpaired) electrons. The minimum Gasteiger partial charge on any atom is -0.480 e. The van der Waals surface area contributed by atoms with Gasteiger partial charge in [0.2, 0.25) is 5.91 Å². The van der Waals surface area contributed by atoms with Gasteiger partial charge in [0.15, 0.2) is 0 Å². The molecule has 0 aromatic carbocycles. The van der Waals surface area contributed by atoms with Gasteiger partial charge in [-0.25, -0.2) is 9.59 Å². The van der Waals surface area contributed by atoms with Crippen LogP contribution in [0.5, 0.6) is 0 Å². The zero-order valence-electron chi connectivity index (χ0n) is 12.0. The number of amides is 3. The van der Waals surface area contributed by atoms with Crippen molar-refractivity contribution in [3.63, 3.8) is 0 Å². The van der Waals surface area contributed by atoms with Gasteiger partial charge in [0.05, 0.1) is 0 Å². The highest BCUT2D eigenvalue weighted by Crippen LogP contribution is 1.94. The van der Waals surface area contributed by atoms with Crippen LogP contribution in [0.1, 0.15) is 20.3 Å². The van der Waals surface area contributed by atoms with Gasteiger partial charge in [-0.3, -0.25) is 4.79 Å². The number of likely N-dealkylation sites (N-methyl/N-ethyl adjacent to an activating group) is 1. The summed E-state index contributed by atoms with van der Waals surface area (Å²) in [6.07, 6.45) is -0.0888. The van der Waals surface area contributed by atoms with Gasteiger partial charge in [-0.15, -0.1) is 0 Å². The van der Waals surface area contributed by atoms with Crippen LogP contribution in [0.3, 0.4) is 0 Å². The Labute approximate surface area is 118 Å². The maximum atomic E-state index is 11.7. The standard InChI is InChI=1S/C12H23N3O5/c1-8(2)6-13-10(17)7-15(3)12(20)14-9(4-5-16)11(18)19/h8-9,16H,4-7H2,1-3H3,(H,13,17)(H,14,20)(H,18,19). The summed E-state index contributed by atoms with van der Waals surface area (Å²) in [7, 11) is 1.39. The third-order valence-corrected chi connectivity index (χ3v) is 2.45. The predicted molar refractivity (Wildman–Crippen MR) is 72.1 cm³/mol. The summed E-state index contributed by atoms with van der Waals surface area (Å²) in [5.41, 5.74) is 0. The minimum absolute atomic E-state index is 0.0888. The number of urea groups is 1. The van der Waals surface area contributed by atoms with Crippen LogP contribution in [0.4, 0.5) is 4.79 Å². The molecule has 0 spiro atoms. The van der Waals surface area contributed by atoms with E-state index < -0.39 is 18.0 Å². The Hall–Kier alpha value is -1.83. The molecule has 116 valence electrons. The number of aliphatic hydroxyl groups is 1. The summed E-state index contributed by atoms with van der Waals surface area (Å²) in [6, 6.07) is -1.85. The van der Waals surface area contributed by atoms with Gasteiger partial charge >= 0.3 is 12.0 Å². The van der Waals surface area contributed by atoms with Gasteiger partial charge in [0.25, 0.3) is 0 Å². The predicted octanol–water partition coefficient (Wildman–Crippen LogP) is -0.764. The van der Waals surface area contributed by atoms with Crippen LogP contribution in [0, 0.1) is 5.92 Å². The second kappa shape index (κ2) is 9.13. The van der Waals surface area contributed by atoms with E-state index in [4.69, 9.17) is 10.2 Å². The number of nitrogens with one attached hydrogen (secondary N) is 2. The second-order valence-electron chi connectivity index (χ2n) is 4.91. The first-order chi connectivity index (χ1) is 9.27. The first-order valence-electron chi connectivity index (χ1n) is 6.39. The monoisotopic (exact) mass is 289 g/mol. The van der Waals surface area contributed by atoms with Gasteiger partial charge in [-0.05, 0) is 5.92 Å². The lowest BCUT2D eigenvalue weighted by Crippen LogP contribution is -2.49. The average Bonchev–Trinajstić information content (AvgIpc) is 2.35. The fraction of sp³-hybridized carbons (Fsp3) is 0.750. The summed E-state index contributed by atoms with van der Waals surface area (Å²) in [5, 5.41) is 22.4. The van der Waals surface area contributed by atoms with Crippen LogP contribution in [-0.2, 0) is 9.59 Å². The number of carbonyl (C=O) groups is 3. The maximum Gasteiger partial charge on any atom is 0.326 e. The Morgan fingerprint density at radius 3 is 2.30 bits per heavy atom. The van der Waals surface area contributed by atoms with Crippen LogP contribution in [-0.4, -0.2) is 65.8 Å². The molecule has 20 heavy (non-hydrogen) atoms. The number of hydrogen-bond acceptors (Lipinski definition) is 4. The normalized spacial score (nSPS) is 11.8. The van der Waals surface area contributed by atoms with Crippen molar-refractivity contribution in [2.24, 2.45) is 5.92 Å². The molecule has 0 aromatic heterocycles. The van der Waals surface area contributed by atoms with E-state index in [9.17, 15) is 14.4 Å². The van der Waals surface area contributed by atoms with E-state index in [2.05, 4.69) is 10.6 Å². The molecular formula is C12H23N3O5. The van der Waals surface area contributed by atoms with Crippen molar-refractivity contribution in [3.05, 3.63) is 0 Å². The van der Waals surface area contributed by atoms with Crippen molar-refractivity contribution in [1.29, 1.82) is 0 Å². The molecule has 8 heteroatoms. The van der Waals surface area contributed by atoms with Crippen LogP contribution < -0.4 is 10.6 Å². The molecule has 0 fully saturated rings. The molecule has 1 unspecified atom stereocenters. The topological polar surface area (TPSA) is 119 Å². The number of carboxylic acid groups (broad SMARTS) is 1. The van der Waals surface area contributed by atoms with Crippen LogP contribution >= 0.6 is 0 Å². The molecule has 3 amide bonds. The Balaban J connectivity index is 4.26. The molecule has 0 saturated carbocycles. The van der Waals surface area contributed by atoms with E-state index in [0.29, 0.717) is 12.5 Å². The molecule has 8 nitrogen and oxygen atoms in total. The molecule has 0 heterocycles. The average molecular weight is 289 g/mol. The van der Waals surface area contributed by atoms with Crippen LogP contribution in [0.2, 0.25) is 0 Å². The molecule has 0 bridgehead atoms. The zero-order valence-corrected chi connectivity index (χ0v) is 12.0. The summed E-state index contributed by atoms with van der Waals surface area (Å²) in [6.45, 7) is 3.89. The largest absolute Gasteiger partial charge is 0.480 e. The first-order valence-corrected chi connectivity index (χ1v) is 6.39. The lowest BCUT2D eigenvalue weighted by molar-refractivity contribution is -0.139. The van der Waals surface area contributed by atoms with Crippen molar-refractivity contribution in [3.8, 4) is 0 Å². The van der Waals surface area contributed by atoms with Gasteiger partial charge < -0.3 is 25.7 Å². The molecule has 0 aliphatic carbocycles. The highest BCUT2D eigenvalue weighted by molar-refractivity contribution is 5.86. The third kappa shape index (κ3) is 7.57.